The van der Waals surface area contributed by atoms with Gasteiger partial charge in [0.05, 0.1) is 0 Å². The first-order chi connectivity index (χ1) is 12.7. The third-order valence-corrected chi connectivity index (χ3v) is 4.61. The van der Waals surface area contributed by atoms with Crippen LogP contribution in [0, 0.1) is 0 Å². The summed E-state index contributed by atoms with van der Waals surface area (Å²) in [4.78, 5) is 11.5. The normalized spacial score (nSPS) is 14.1. The summed E-state index contributed by atoms with van der Waals surface area (Å²) in [5, 5.41) is 11.9. The summed E-state index contributed by atoms with van der Waals surface area (Å²) >= 11 is 0. The Hall–Kier alpha value is -2.86. The second kappa shape index (κ2) is 6.70. The summed E-state index contributed by atoms with van der Waals surface area (Å²) in [7, 11) is 0. The molecule has 0 saturated carbocycles. The van der Waals surface area contributed by atoms with Gasteiger partial charge in [0.25, 0.3) is 0 Å². The van der Waals surface area contributed by atoms with E-state index in [9.17, 15) is 23.1 Å². The Bertz CT molecular complexity index is 979. The highest BCUT2D eigenvalue weighted by molar-refractivity contribution is 6.06. The fourth-order valence-corrected chi connectivity index (χ4v) is 3.24. The van der Waals surface area contributed by atoms with Crippen molar-refractivity contribution >= 4 is 27.5 Å². The zero-order valence-electron chi connectivity index (χ0n) is 14.5. The molecule has 0 radical (unpaired) electrons. The molecule has 27 heavy (non-hydrogen) atoms. The van der Waals surface area contributed by atoms with Gasteiger partial charge in [-0.2, -0.15) is 13.2 Å². The lowest BCUT2D eigenvalue weighted by atomic mass is 9.83. The van der Waals surface area contributed by atoms with E-state index in [1.54, 1.807) is 36.4 Å². The minimum atomic E-state index is -4.87. The summed E-state index contributed by atoms with van der Waals surface area (Å²) in [5.41, 5.74) is -2.71. The van der Waals surface area contributed by atoms with Gasteiger partial charge in [0, 0.05) is 17.2 Å². The maximum atomic E-state index is 13.6. The predicted molar refractivity (Wildman–Crippen MR) is 97.1 cm³/mol. The van der Waals surface area contributed by atoms with E-state index in [-0.39, 0.29) is 22.9 Å². The molecule has 0 heterocycles. The Balaban J connectivity index is 2.41. The van der Waals surface area contributed by atoms with Crippen LogP contribution in [-0.4, -0.2) is 17.3 Å². The molecule has 0 fully saturated rings. The number of hydrogen-bond donors (Lipinski definition) is 1. The first-order valence-electron chi connectivity index (χ1n) is 8.19. The SMILES string of the molecule is C=CC(=O)OCc1c2ccccc2c(C(C)(O)C(F)(F)F)c2ccccc12. The molecular weight excluding hydrogens is 357 g/mol. The number of fused-ring (bicyclic) bond motifs is 2. The summed E-state index contributed by atoms with van der Waals surface area (Å²) in [6.07, 6.45) is -3.84. The molecule has 0 aliphatic rings. The van der Waals surface area contributed by atoms with Crippen LogP contribution in [-0.2, 0) is 21.7 Å². The number of halogens is 3. The molecule has 1 atom stereocenters. The fraction of sp³-hybridized carbons (Fsp3) is 0.190. The summed E-state index contributed by atoms with van der Waals surface area (Å²) in [5.74, 6) is -0.630. The smallest absolute Gasteiger partial charge is 0.421 e. The molecule has 140 valence electrons. The van der Waals surface area contributed by atoms with Gasteiger partial charge in [-0.3, -0.25) is 0 Å². The molecule has 0 spiro atoms. The van der Waals surface area contributed by atoms with Gasteiger partial charge >= 0.3 is 12.1 Å². The van der Waals surface area contributed by atoms with Crippen molar-refractivity contribution in [3.63, 3.8) is 0 Å². The van der Waals surface area contributed by atoms with Gasteiger partial charge in [-0.05, 0) is 28.5 Å². The molecule has 0 aliphatic heterocycles. The maximum absolute atomic E-state index is 13.6. The summed E-state index contributed by atoms with van der Waals surface area (Å²) in [6.45, 7) is 3.96. The number of carbonyl (C=O) groups excluding carboxylic acids is 1. The number of hydrogen-bond acceptors (Lipinski definition) is 3. The number of aliphatic hydroxyl groups is 1. The third kappa shape index (κ3) is 3.17. The molecular formula is C21H17F3O3. The quantitative estimate of drug-likeness (QED) is 0.397. The van der Waals surface area contributed by atoms with Crippen molar-refractivity contribution in [1.29, 1.82) is 0 Å². The molecule has 0 aliphatic carbocycles. The highest BCUT2D eigenvalue weighted by Crippen LogP contribution is 2.46. The van der Waals surface area contributed by atoms with Crippen molar-refractivity contribution in [2.75, 3.05) is 0 Å². The van der Waals surface area contributed by atoms with Crippen LogP contribution >= 0.6 is 0 Å². The molecule has 1 N–H and O–H groups in total. The van der Waals surface area contributed by atoms with Crippen LogP contribution in [0.25, 0.3) is 21.5 Å². The molecule has 0 saturated heterocycles. The average Bonchev–Trinajstić information content (AvgIpc) is 2.63. The zero-order valence-corrected chi connectivity index (χ0v) is 14.5. The highest BCUT2D eigenvalue weighted by Gasteiger charge is 2.52. The number of alkyl halides is 3. The Morgan fingerprint density at radius 3 is 1.89 bits per heavy atom. The Morgan fingerprint density at radius 1 is 1.04 bits per heavy atom. The zero-order chi connectivity index (χ0) is 19.8. The van der Waals surface area contributed by atoms with Gasteiger partial charge in [0.1, 0.15) is 6.61 Å². The van der Waals surface area contributed by atoms with Gasteiger partial charge < -0.3 is 9.84 Å². The first-order valence-corrected chi connectivity index (χ1v) is 8.19. The highest BCUT2D eigenvalue weighted by atomic mass is 19.4. The van der Waals surface area contributed by atoms with Gasteiger partial charge in [-0.15, -0.1) is 0 Å². The summed E-state index contributed by atoms with van der Waals surface area (Å²) in [6, 6.07) is 12.9. The lowest BCUT2D eigenvalue weighted by Crippen LogP contribution is -2.39. The number of benzene rings is 3. The number of esters is 1. The van der Waals surface area contributed by atoms with E-state index >= 15 is 0 Å². The van der Waals surface area contributed by atoms with Crippen LogP contribution in [0.2, 0.25) is 0 Å². The van der Waals surface area contributed by atoms with Gasteiger partial charge in [0.2, 0.25) is 0 Å². The Morgan fingerprint density at radius 2 is 1.48 bits per heavy atom. The van der Waals surface area contributed by atoms with Crippen molar-refractivity contribution in [2.45, 2.75) is 25.3 Å². The molecule has 3 nitrogen and oxygen atoms in total. The maximum Gasteiger partial charge on any atom is 0.421 e. The average molecular weight is 374 g/mol. The van der Waals surface area contributed by atoms with Crippen LogP contribution < -0.4 is 0 Å². The van der Waals surface area contributed by atoms with Crippen LogP contribution in [0.4, 0.5) is 13.2 Å². The first kappa shape index (κ1) is 18.9. The molecule has 3 aromatic rings. The van der Waals surface area contributed by atoms with Crippen LogP contribution in [0.1, 0.15) is 18.1 Å². The topological polar surface area (TPSA) is 46.5 Å². The second-order valence-electron chi connectivity index (χ2n) is 6.33. The van der Waals surface area contributed by atoms with Gasteiger partial charge in [-0.1, -0.05) is 55.1 Å². The molecule has 6 heteroatoms. The molecule has 1 unspecified atom stereocenters. The van der Waals surface area contributed by atoms with Crippen LogP contribution in [0.15, 0.2) is 61.2 Å². The van der Waals surface area contributed by atoms with Gasteiger partial charge in [-0.25, -0.2) is 4.79 Å². The van der Waals surface area contributed by atoms with Crippen molar-refractivity contribution < 1.29 is 27.8 Å². The molecule has 3 rings (SSSR count). The van der Waals surface area contributed by atoms with Crippen molar-refractivity contribution in [3.8, 4) is 0 Å². The minimum absolute atomic E-state index is 0.125. The van der Waals surface area contributed by atoms with E-state index in [0.717, 1.165) is 13.0 Å². The lowest BCUT2D eigenvalue weighted by Gasteiger charge is -2.30. The van der Waals surface area contributed by atoms with E-state index in [1.807, 2.05) is 0 Å². The molecule has 3 aromatic carbocycles. The number of ether oxygens (including phenoxy) is 1. The van der Waals surface area contributed by atoms with E-state index < -0.39 is 17.7 Å². The number of rotatable bonds is 4. The largest absolute Gasteiger partial charge is 0.458 e. The second-order valence-corrected chi connectivity index (χ2v) is 6.33. The van der Waals surface area contributed by atoms with E-state index in [4.69, 9.17) is 4.74 Å². The number of carbonyl (C=O) groups is 1. The third-order valence-electron chi connectivity index (χ3n) is 4.61. The predicted octanol–water partition coefficient (Wildman–Crippen LogP) is 4.99. The Labute approximate surface area is 153 Å². The van der Waals surface area contributed by atoms with E-state index in [0.29, 0.717) is 16.3 Å². The molecule has 0 bridgehead atoms. The van der Waals surface area contributed by atoms with Gasteiger partial charge in [0.15, 0.2) is 5.60 Å². The van der Waals surface area contributed by atoms with Crippen molar-refractivity contribution in [3.05, 3.63) is 72.3 Å². The van der Waals surface area contributed by atoms with E-state index in [2.05, 4.69) is 6.58 Å². The summed E-state index contributed by atoms with van der Waals surface area (Å²) < 4.78 is 46.1. The molecule has 0 aromatic heterocycles. The van der Waals surface area contributed by atoms with Crippen molar-refractivity contribution in [2.24, 2.45) is 0 Å². The lowest BCUT2D eigenvalue weighted by molar-refractivity contribution is -0.257. The fourth-order valence-electron chi connectivity index (χ4n) is 3.24. The van der Waals surface area contributed by atoms with E-state index in [1.165, 1.54) is 12.1 Å². The molecule has 0 amide bonds. The van der Waals surface area contributed by atoms with Crippen LogP contribution in [0.5, 0.6) is 0 Å². The van der Waals surface area contributed by atoms with Crippen LogP contribution in [0.3, 0.4) is 0 Å². The standard InChI is InChI=1S/C21H17F3O3/c1-3-18(25)27-12-17-13-8-4-6-10-15(13)19(20(2,26)21(22,23)24)16-11-7-5-9-14(16)17/h3-11,26H,1,12H2,2H3. The minimum Gasteiger partial charge on any atom is -0.458 e. The monoisotopic (exact) mass is 374 g/mol. The van der Waals surface area contributed by atoms with Crippen molar-refractivity contribution in [1.82, 2.24) is 0 Å². The Kier molecular flexibility index (Phi) is 4.70.